The fourth-order valence-electron chi connectivity index (χ4n) is 3.01. The molecule has 1 heterocycles. The highest BCUT2D eigenvalue weighted by Crippen LogP contribution is 2.25. The Morgan fingerprint density at radius 3 is 2.52 bits per heavy atom. The smallest absolute Gasteiger partial charge is 0.326 e. The molecule has 0 radical (unpaired) electrons. The Balaban J connectivity index is 2.60. The van der Waals surface area contributed by atoms with Gasteiger partial charge in [-0.1, -0.05) is 33.6 Å². The minimum absolute atomic E-state index is 0.0748. The monoisotopic (exact) mass is 298 g/mol. The minimum atomic E-state index is -0.891. The van der Waals surface area contributed by atoms with Gasteiger partial charge in [0, 0.05) is 12.6 Å². The molecule has 0 saturated carbocycles. The predicted molar refractivity (Wildman–Crippen MR) is 83.2 cm³/mol. The van der Waals surface area contributed by atoms with Gasteiger partial charge in [-0.25, -0.2) is 9.59 Å². The van der Waals surface area contributed by atoms with E-state index in [1.807, 2.05) is 6.92 Å². The van der Waals surface area contributed by atoms with E-state index in [1.165, 1.54) is 4.90 Å². The van der Waals surface area contributed by atoms with Gasteiger partial charge in [-0.05, 0) is 38.0 Å². The van der Waals surface area contributed by atoms with Crippen LogP contribution >= 0.6 is 0 Å². The van der Waals surface area contributed by atoms with E-state index in [2.05, 4.69) is 26.1 Å². The Bertz CT molecular complexity index is 359. The van der Waals surface area contributed by atoms with E-state index in [9.17, 15) is 14.7 Å². The molecule has 122 valence electrons. The first-order valence-electron chi connectivity index (χ1n) is 8.18. The van der Waals surface area contributed by atoms with Crippen LogP contribution in [0.1, 0.15) is 59.8 Å². The molecule has 21 heavy (non-hydrogen) atoms. The molecular formula is C16H30N2O3. The van der Waals surface area contributed by atoms with Crippen LogP contribution in [-0.4, -0.2) is 40.6 Å². The van der Waals surface area contributed by atoms with Crippen LogP contribution in [0.25, 0.3) is 0 Å². The van der Waals surface area contributed by atoms with Crippen molar-refractivity contribution in [2.75, 3.05) is 6.54 Å². The lowest BCUT2D eigenvalue weighted by Crippen LogP contribution is -2.55. The number of carbonyl (C=O) groups excluding carboxylic acids is 1. The van der Waals surface area contributed by atoms with Gasteiger partial charge >= 0.3 is 12.0 Å². The van der Waals surface area contributed by atoms with Gasteiger partial charge in [0.05, 0.1) is 0 Å². The molecule has 4 unspecified atom stereocenters. The number of likely N-dealkylation sites (tertiary alicyclic amines) is 1. The first kappa shape index (κ1) is 17.8. The van der Waals surface area contributed by atoms with Crippen molar-refractivity contribution in [3.8, 4) is 0 Å². The lowest BCUT2D eigenvalue weighted by atomic mass is 9.89. The van der Waals surface area contributed by atoms with Crippen LogP contribution in [0.4, 0.5) is 4.79 Å². The second-order valence-corrected chi connectivity index (χ2v) is 6.45. The third kappa shape index (κ3) is 5.21. The van der Waals surface area contributed by atoms with Gasteiger partial charge in [0.2, 0.25) is 0 Å². The minimum Gasteiger partial charge on any atom is -0.480 e. The lowest BCUT2D eigenvalue weighted by molar-refractivity contribution is -0.144. The Kier molecular flexibility index (Phi) is 6.99. The number of carboxylic acid groups (broad SMARTS) is 1. The number of piperidine rings is 1. The molecule has 0 bridgehead atoms. The number of aliphatic carboxylic acids is 1. The van der Waals surface area contributed by atoms with Crippen LogP contribution < -0.4 is 5.32 Å². The summed E-state index contributed by atoms with van der Waals surface area (Å²) >= 11 is 0. The fraction of sp³-hybridized carbons (Fsp3) is 0.875. The number of urea groups is 1. The zero-order chi connectivity index (χ0) is 16.0. The van der Waals surface area contributed by atoms with Crippen LogP contribution in [0.2, 0.25) is 0 Å². The topological polar surface area (TPSA) is 69.6 Å². The van der Waals surface area contributed by atoms with E-state index in [4.69, 9.17) is 0 Å². The quantitative estimate of drug-likeness (QED) is 0.791. The van der Waals surface area contributed by atoms with Gasteiger partial charge in [-0.2, -0.15) is 0 Å². The molecule has 0 aromatic heterocycles. The van der Waals surface area contributed by atoms with Gasteiger partial charge < -0.3 is 15.3 Å². The SMILES string of the molecule is CCC(C)CC(C)NC(=O)N1CCC(CC)CC1C(=O)O. The molecule has 5 nitrogen and oxygen atoms in total. The zero-order valence-corrected chi connectivity index (χ0v) is 13.8. The number of hydrogen-bond donors (Lipinski definition) is 2. The summed E-state index contributed by atoms with van der Waals surface area (Å²) in [4.78, 5) is 25.3. The summed E-state index contributed by atoms with van der Waals surface area (Å²) in [6.07, 6.45) is 4.45. The van der Waals surface area contributed by atoms with E-state index in [-0.39, 0.29) is 12.1 Å². The maximum absolute atomic E-state index is 12.3. The maximum Gasteiger partial charge on any atom is 0.326 e. The highest BCUT2D eigenvalue weighted by atomic mass is 16.4. The summed E-state index contributed by atoms with van der Waals surface area (Å²) in [6, 6.07) is -0.835. The Morgan fingerprint density at radius 1 is 1.33 bits per heavy atom. The van der Waals surface area contributed by atoms with Gasteiger partial charge in [0.25, 0.3) is 0 Å². The average molecular weight is 298 g/mol. The molecular weight excluding hydrogens is 268 g/mol. The highest BCUT2D eigenvalue weighted by Gasteiger charge is 2.35. The van der Waals surface area contributed by atoms with Crippen LogP contribution in [0, 0.1) is 11.8 Å². The summed E-state index contributed by atoms with van der Waals surface area (Å²) in [5.41, 5.74) is 0. The number of hydrogen-bond acceptors (Lipinski definition) is 2. The summed E-state index contributed by atoms with van der Waals surface area (Å²) < 4.78 is 0. The van der Waals surface area contributed by atoms with Crippen molar-refractivity contribution < 1.29 is 14.7 Å². The molecule has 0 spiro atoms. The Hall–Kier alpha value is -1.26. The maximum atomic E-state index is 12.3. The molecule has 0 aromatic carbocycles. The summed E-state index contributed by atoms with van der Waals surface area (Å²) in [6.45, 7) is 8.90. The molecule has 5 heteroatoms. The lowest BCUT2D eigenvalue weighted by Gasteiger charge is -2.37. The predicted octanol–water partition coefficient (Wildman–Crippen LogP) is 3.10. The standard InChI is InChI=1S/C16H30N2O3/c1-5-11(3)9-12(4)17-16(21)18-8-7-13(6-2)10-14(18)15(19)20/h11-14H,5-10H2,1-4H3,(H,17,21)(H,19,20). The zero-order valence-electron chi connectivity index (χ0n) is 13.8. The van der Waals surface area contributed by atoms with Crippen LogP contribution in [0.15, 0.2) is 0 Å². The van der Waals surface area contributed by atoms with Crippen molar-refractivity contribution in [3.63, 3.8) is 0 Å². The third-order valence-electron chi connectivity index (χ3n) is 4.66. The highest BCUT2D eigenvalue weighted by molar-refractivity contribution is 5.83. The van der Waals surface area contributed by atoms with E-state index < -0.39 is 12.0 Å². The summed E-state index contributed by atoms with van der Waals surface area (Å²) in [7, 11) is 0. The Labute approximate surface area is 128 Å². The summed E-state index contributed by atoms with van der Waals surface area (Å²) in [5.74, 6) is 0.0759. The van der Waals surface area contributed by atoms with E-state index in [0.29, 0.717) is 24.8 Å². The number of nitrogens with zero attached hydrogens (tertiary/aromatic N) is 1. The van der Waals surface area contributed by atoms with Crippen LogP contribution in [0.3, 0.4) is 0 Å². The van der Waals surface area contributed by atoms with Crippen molar-refractivity contribution in [2.45, 2.75) is 71.9 Å². The van der Waals surface area contributed by atoms with E-state index in [1.54, 1.807) is 0 Å². The first-order chi connectivity index (χ1) is 9.88. The van der Waals surface area contributed by atoms with Crippen molar-refractivity contribution >= 4 is 12.0 Å². The van der Waals surface area contributed by atoms with Crippen LogP contribution in [-0.2, 0) is 4.79 Å². The second kappa shape index (κ2) is 8.25. The number of rotatable bonds is 6. The molecule has 1 rings (SSSR count). The average Bonchev–Trinajstić information content (AvgIpc) is 2.45. The molecule has 0 aromatic rings. The fourth-order valence-corrected chi connectivity index (χ4v) is 3.01. The van der Waals surface area contributed by atoms with Crippen LogP contribution in [0.5, 0.6) is 0 Å². The van der Waals surface area contributed by atoms with Crippen molar-refractivity contribution in [1.82, 2.24) is 10.2 Å². The first-order valence-corrected chi connectivity index (χ1v) is 8.18. The third-order valence-corrected chi connectivity index (χ3v) is 4.66. The van der Waals surface area contributed by atoms with Gasteiger partial charge in [-0.15, -0.1) is 0 Å². The molecule has 0 aliphatic carbocycles. The van der Waals surface area contributed by atoms with Crippen molar-refractivity contribution in [3.05, 3.63) is 0 Å². The molecule has 2 amide bonds. The molecule has 1 aliphatic heterocycles. The number of amides is 2. The molecule has 1 aliphatic rings. The van der Waals surface area contributed by atoms with Gasteiger partial charge in [-0.3, -0.25) is 0 Å². The Morgan fingerprint density at radius 2 is 2.00 bits per heavy atom. The number of carboxylic acids is 1. The largest absolute Gasteiger partial charge is 0.480 e. The number of nitrogens with one attached hydrogen (secondary N) is 1. The normalized spacial score (nSPS) is 25.2. The van der Waals surface area contributed by atoms with Crippen molar-refractivity contribution in [2.24, 2.45) is 11.8 Å². The molecule has 4 atom stereocenters. The van der Waals surface area contributed by atoms with Gasteiger partial charge in [0.1, 0.15) is 6.04 Å². The molecule has 1 fully saturated rings. The van der Waals surface area contributed by atoms with Crippen molar-refractivity contribution in [1.29, 1.82) is 0 Å². The number of carbonyl (C=O) groups is 2. The van der Waals surface area contributed by atoms with Gasteiger partial charge in [0.15, 0.2) is 0 Å². The van der Waals surface area contributed by atoms with E-state index in [0.717, 1.165) is 25.7 Å². The van der Waals surface area contributed by atoms with E-state index >= 15 is 0 Å². The molecule has 1 saturated heterocycles. The summed E-state index contributed by atoms with van der Waals surface area (Å²) in [5, 5.41) is 12.3. The second-order valence-electron chi connectivity index (χ2n) is 6.45. The molecule has 2 N–H and O–H groups in total.